The van der Waals surface area contributed by atoms with Gasteiger partial charge in [-0.2, -0.15) is 25.3 Å². The number of hydrogen-bond acceptors (Lipinski definition) is 3. The number of thiol groups is 2. The van der Waals surface area contributed by atoms with E-state index in [4.69, 9.17) is 5.11 Å². The van der Waals surface area contributed by atoms with Gasteiger partial charge in [0.05, 0.1) is 0 Å². The fourth-order valence-electron chi connectivity index (χ4n) is 0.173. The lowest BCUT2D eigenvalue weighted by molar-refractivity contribution is 0.253. The van der Waals surface area contributed by atoms with Crippen molar-refractivity contribution in [2.75, 3.05) is 18.1 Å². The normalized spacial score (nSPS) is 10.3. The Morgan fingerprint density at radius 2 is 1.71 bits per heavy atom. The van der Waals surface area contributed by atoms with Gasteiger partial charge in [0.2, 0.25) is 0 Å². The molecule has 0 saturated heterocycles. The summed E-state index contributed by atoms with van der Waals surface area (Å²) in [6.07, 6.45) is 0. The lowest BCUT2D eigenvalue weighted by Crippen LogP contribution is -2.08. The van der Waals surface area contributed by atoms with Crippen molar-refractivity contribution in [1.82, 2.24) is 0 Å². The summed E-state index contributed by atoms with van der Waals surface area (Å²) in [4.78, 5) is 0. The van der Waals surface area contributed by atoms with Crippen LogP contribution in [-0.4, -0.2) is 23.2 Å². The Labute approximate surface area is 54.9 Å². The predicted molar refractivity (Wildman–Crippen MR) is 38.3 cm³/mol. The molecule has 0 aliphatic heterocycles. The third-order valence-electron chi connectivity index (χ3n) is 0.775. The van der Waals surface area contributed by atoms with Crippen molar-refractivity contribution in [2.24, 2.45) is 5.92 Å². The van der Waals surface area contributed by atoms with E-state index < -0.39 is 0 Å². The van der Waals surface area contributed by atoms with Crippen molar-refractivity contribution in [2.45, 2.75) is 0 Å². The summed E-state index contributed by atoms with van der Waals surface area (Å²) in [5.74, 6) is 1.71. The van der Waals surface area contributed by atoms with Gasteiger partial charge in [0.15, 0.2) is 0 Å². The summed E-state index contributed by atoms with van der Waals surface area (Å²) in [5.41, 5.74) is 0. The standard InChI is InChI=1S/C4H10OS2/c5-1-4(2-6)3-7/h4-7H,1-3H2. The molecule has 0 saturated carbocycles. The number of aliphatic hydroxyl groups excluding tert-OH is 1. The van der Waals surface area contributed by atoms with Crippen molar-refractivity contribution in [1.29, 1.82) is 0 Å². The van der Waals surface area contributed by atoms with Crippen LogP contribution in [0.2, 0.25) is 0 Å². The van der Waals surface area contributed by atoms with Crippen molar-refractivity contribution >= 4 is 25.3 Å². The van der Waals surface area contributed by atoms with Crippen LogP contribution in [0.25, 0.3) is 0 Å². The van der Waals surface area contributed by atoms with E-state index in [1.807, 2.05) is 0 Å². The number of aliphatic hydroxyl groups is 1. The summed E-state index contributed by atoms with van der Waals surface area (Å²) < 4.78 is 0. The third-order valence-corrected chi connectivity index (χ3v) is 1.81. The molecule has 0 fully saturated rings. The van der Waals surface area contributed by atoms with Gasteiger partial charge >= 0.3 is 0 Å². The minimum atomic E-state index is 0.201. The van der Waals surface area contributed by atoms with Gasteiger partial charge in [0.1, 0.15) is 0 Å². The maximum Gasteiger partial charge on any atom is 0.0474 e. The van der Waals surface area contributed by atoms with Crippen LogP contribution in [0.1, 0.15) is 0 Å². The molecule has 0 bridgehead atoms. The highest BCUT2D eigenvalue weighted by Gasteiger charge is 1.98. The molecule has 0 aromatic rings. The van der Waals surface area contributed by atoms with Crippen LogP contribution < -0.4 is 0 Å². The zero-order chi connectivity index (χ0) is 5.70. The molecular weight excluding hydrogens is 128 g/mol. The molecule has 0 aliphatic carbocycles. The van der Waals surface area contributed by atoms with Gasteiger partial charge < -0.3 is 5.11 Å². The summed E-state index contributed by atoms with van der Waals surface area (Å²) in [6, 6.07) is 0. The lowest BCUT2D eigenvalue weighted by Gasteiger charge is -2.03. The van der Waals surface area contributed by atoms with Crippen LogP contribution in [0.15, 0.2) is 0 Å². The van der Waals surface area contributed by atoms with E-state index in [-0.39, 0.29) is 12.5 Å². The second-order valence-electron chi connectivity index (χ2n) is 1.41. The molecule has 0 spiro atoms. The molecule has 7 heavy (non-hydrogen) atoms. The fraction of sp³-hybridized carbons (Fsp3) is 1.00. The van der Waals surface area contributed by atoms with Crippen molar-refractivity contribution in [3.8, 4) is 0 Å². The van der Waals surface area contributed by atoms with Crippen molar-refractivity contribution in [3.63, 3.8) is 0 Å². The van der Waals surface area contributed by atoms with E-state index in [1.165, 1.54) is 0 Å². The van der Waals surface area contributed by atoms with Crippen LogP contribution in [0.5, 0.6) is 0 Å². The van der Waals surface area contributed by atoms with E-state index in [9.17, 15) is 0 Å². The van der Waals surface area contributed by atoms with Crippen LogP contribution in [0, 0.1) is 5.92 Å². The Bertz CT molecular complexity index is 31.2. The van der Waals surface area contributed by atoms with Crippen molar-refractivity contribution < 1.29 is 5.11 Å². The first kappa shape index (κ1) is 7.66. The van der Waals surface area contributed by atoms with Gasteiger partial charge in [0, 0.05) is 6.61 Å². The zero-order valence-corrected chi connectivity index (χ0v) is 5.83. The average Bonchev–Trinajstić information content (AvgIpc) is 1.72. The molecule has 0 aromatic heterocycles. The Hall–Kier alpha value is 0.660. The Balaban J connectivity index is 2.99. The SMILES string of the molecule is OCC(CS)CS. The molecule has 0 atom stereocenters. The van der Waals surface area contributed by atoms with Crippen molar-refractivity contribution in [3.05, 3.63) is 0 Å². The highest BCUT2D eigenvalue weighted by molar-refractivity contribution is 7.81. The van der Waals surface area contributed by atoms with Gasteiger partial charge in [-0.05, 0) is 17.4 Å². The van der Waals surface area contributed by atoms with Crippen LogP contribution >= 0.6 is 25.3 Å². The topological polar surface area (TPSA) is 20.2 Å². The summed E-state index contributed by atoms with van der Waals surface area (Å²) in [5, 5.41) is 8.43. The molecule has 1 N–H and O–H groups in total. The summed E-state index contributed by atoms with van der Waals surface area (Å²) in [6.45, 7) is 0.201. The first-order valence-electron chi connectivity index (χ1n) is 2.17. The largest absolute Gasteiger partial charge is 0.396 e. The van der Waals surface area contributed by atoms with E-state index >= 15 is 0 Å². The van der Waals surface area contributed by atoms with Crippen LogP contribution in [0.4, 0.5) is 0 Å². The van der Waals surface area contributed by atoms with Gasteiger partial charge in [-0.1, -0.05) is 0 Å². The zero-order valence-electron chi connectivity index (χ0n) is 4.04. The van der Waals surface area contributed by atoms with Gasteiger partial charge in [-0.3, -0.25) is 0 Å². The van der Waals surface area contributed by atoms with E-state index in [0.717, 1.165) is 11.5 Å². The van der Waals surface area contributed by atoms with Gasteiger partial charge in [0.25, 0.3) is 0 Å². The molecule has 1 nitrogen and oxygen atoms in total. The Morgan fingerprint density at radius 1 is 1.29 bits per heavy atom. The molecule has 0 heterocycles. The molecule has 0 aliphatic rings. The predicted octanol–water partition coefficient (Wildman–Crippen LogP) is 0.454. The van der Waals surface area contributed by atoms with Gasteiger partial charge in [-0.15, -0.1) is 0 Å². The first-order chi connectivity index (χ1) is 3.35. The number of rotatable bonds is 3. The quantitative estimate of drug-likeness (QED) is 0.484. The maximum absolute atomic E-state index is 8.43. The Kier molecular flexibility index (Phi) is 5.26. The molecule has 0 rings (SSSR count). The third kappa shape index (κ3) is 3.26. The second kappa shape index (κ2) is 4.81. The first-order valence-corrected chi connectivity index (χ1v) is 3.44. The minimum absolute atomic E-state index is 0.201. The number of hydrogen-bond donors (Lipinski definition) is 3. The van der Waals surface area contributed by atoms with Crippen LogP contribution in [-0.2, 0) is 0 Å². The van der Waals surface area contributed by atoms with E-state index in [1.54, 1.807) is 0 Å². The monoisotopic (exact) mass is 138 g/mol. The Morgan fingerprint density at radius 3 is 1.71 bits per heavy atom. The molecule has 0 radical (unpaired) electrons. The highest BCUT2D eigenvalue weighted by atomic mass is 32.1. The summed E-state index contributed by atoms with van der Waals surface area (Å²) >= 11 is 7.93. The average molecular weight is 138 g/mol. The summed E-state index contributed by atoms with van der Waals surface area (Å²) in [7, 11) is 0. The molecule has 0 aromatic carbocycles. The molecule has 0 unspecified atom stereocenters. The lowest BCUT2D eigenvalue weighted by atomic mass is 10.2. The fourth-order valence-corrected chi connectivity index (χ4v) is 0.866. The van der Waals surface area contributed by atoms with E-state index in [0.29, 0.717) is 0 Å². The molecule has 44 valence electrons. The van der Waals surface area contributed by atoms with E-state index in [2.05, 4.69) is 25.3 Å². The smallest absolute Gasteiger partial charge is 0.0474 e. The molecular formula is C4H10OS2. The molecule has 0 amide bonds. The highest BCUT2D eigenvalue weighted by Crippen LogP contribution is 1.98. The van der Waals surface area contributed by atoms with Crippen LogP contribution in [0.3, 0.4) is 0 Å². The second-order valence-corrected chi connectivity index (χ2v) is 2.14. The maximum atomic E-state index is 8.43. The molecule has 3 heteroatoms. The van der Waals surface area contributed by atoms with Gasteiger partial charge in [-0.25, -0.2) is 0 Å². The minimum Gasteiger partial charge on any atom is -0.396 e.